The summed E-state index contributed by atoms with van der Waals surface area (Å²) in [5.74, 6) is 1.27. The smallest absolute Gasteiger partial charge is 0.144 e. The summed E-state index contributed by atoms with van der Waals surface area (Å²) >= 11 is 6.14. The number of hydrogen-bond donors (Lipinski definition) is 1. The Bertz CT molecular complexity index is 611. The van der Waals surface area contributed by atoms with Crippen LogP contribution in [0.3, 0.4) is 0 Å². The van der Waals surface area contributed by atoms with E-state index in [4.69, 9.17) is 21.1 Å². The number of methoxy groups -OCH3 is 2. The summed E-state index contributed by atoms with van der Waals surface area (Å²) in [6.07, 6.45) is 3.58. The number of imidazole rings is 1. The molecule has 0 spiro atoms. The number of aromatic nitrogens is 2. The molecule has 6 heteroatoms. The lowest BCUT2D eigenvalue weighted by atomic mass is 10.2. The van der Waals surface area contributed by atoms with Crippen molar-refractivity contribution in [1.82, 2.24) is 14.9 Å². The standard InChI is InChI=1S/C15H20ClN3O2/c1-10(2)18-8-11-7-17-9-19(11)13-6-14(20-3)12(16)5-15(13)21-4/h5-7,9-10,18H,8H2,1-4H3. The Morgan fingerprint density at radius 2 is 1.95 bits per heavy atom. The maximum atomic E-state index is 6.14. The van der Waals surface area contributed by atoms with Crippen LogP contribution in [0.4, 0.5) is 0 Å². The predicted octanol–water partition coefficient (Wildman–Crippen LogP) is 3.04. The fourth-order valence-electron chi connectivity index (χ4n) is 2.01. The van der Waals surface area contributed by atoms with Crippen molar-refractivity contribution >= 4 is 11.6 Å². The van der Waals surface area contributed by atoms with E-state index in [9.17, 15) is 0 Å². The van der Waals surface area contributed by atoms with Gasteiger partial charge in [0.15, 0.2) is 0 Å². The van der Waals surface area contributed by atoms with Gasteiger partial charge in [0.25, 0.3) is 0 Å². The molecule has 1 N–H and O–H groups in total. The van der Waals surface area contributed by atoms with Crippen molar-refractivity contribution in [2.45, 2.75) is 26.4 Å². The van der Waals surface area contributed by atoms with Crippen molar-refractivity contribution in [3.8, 4) is 17.2 Å². The highest BCUT2D eigenvalue weighted by molar-refractivity contribution is 6.32. The zero-order valence-corrected chi connectivity index (χ0v) is 13.4. The predicted molar refractivity (Wildman–Crippen MR) is 83.7 cm³/mol. The van der Waals surface area contributed by atoms with Gasteiger partial charge in [-0.15, -0.1) is 0 Å². The molecule has 1 heterocycles. The summed E-state index contributed by atoms with van der Waals surface area (Å²) in [4.78, 5) is 4.22. The van der Waals surface area contributed by atoms with Crippen molar-refractivity contribution in [3.63, 3.8) is 0 Å². The summed E-state index contributed by atoms with van der Waals surface area (Å²) in [7, 11) is 3.21. The highest BCUT2D eigenvalue weighted by Crippen LogP contribution is 2.35. The number of hydrogen-bond acceptors (Lipinski definition) is 4. The van der Waals surface area contributed by atoms with E-state index in [1.807, 2.05) is 16.8 Å². The topological polar surface area (TPSA) is 48.3 Å². The van der Waals surface area contributed by atoms with Crippen LogP contribution in [-0.4, -0.2) is 29.8 Å². The summed E-state index contributed by atoms with van der Waals surface area (Å²) in [5.41, 5.74) is 1.88. The Balaban J connectivity index is 2.44. The van der Waals surface area contributed by atoms with E-state index in [-0.39, 0.29) is 0 Å². The number of ether oxygens (including phenoxy) is 2. The van der Waals surface area contributed by atoms with Gasteiger partial charge >= 0.3 is 0 Å². The molecule has 0 unspecified atom stereocenters. The van der Waals surface area contributed by atoms with Crippen molar-refractivity contribution in [3.05, 3.63) is 35.4 Å². The molecular weight excluding hydrogens is 290 g/mol. The molecule has 0 bridgehead atoms. The van der Waals surface area contributed by atoms with Gasteiger partial charge in [-0.2, -0.15) is 0 Å². The monoisotopic (exact) mass is 309 g/mol. The normalized spacial score (nSPS) is 11.0. The van der Waals surface area contributed by atoms with Crippen molar-refractivity contribution in [2.75, 3.05) is 14.2 Å². The molecule has 114 valence electrons. The third-order valence-corrected chi connectivity index (χ3v) is 3.41. The van der Waals surface area contributed by atoms with Gasteiger partial charge in [-0.3, -0.25) is 4.57 Å². The minimum absolute atomic E-state index is 0.398. The molecule has 2 aromatic rings. The van der Waals surface area contributed by atoms with E-state index in [1.54, 1.807) is 26.6 Å². The molecule has 0 saturated heterocycles. The maximum absolute atomic E-state index is 6.14. The second-order valence-corrected chi connectivity index (χ2v) is 5.36. The molecule has 21 heavy (non-hydrogen) atoms. The second kappa shape index (κ2) is 6.83. The van der Waals surface area contributed by atoms with E-state index in [1.165, 1.54) is 0 Å². The van der Waals surface area contributed by atoms with Gasteiger partial charge in [0, 0.05) is 30.9 Å². The summed E-state index contributed by atoms with van der Waals surface area (Å²) in [5, 5.41) is 3.89. The quantitative estimate of drug-likeness (QED) is 0.891. The van der Waals surface area contributed by atoms with E-state index in [0.717, 1.165) is 11.4 Å². The molecule has 2 rings (SSSR count). The zero-order chi connectivity index (χ0) is 15.4. The molecular formula is C15H20ClN3O2. The van der Waals surface area contributed by atoms with Crippen LogP contribution in [0.2, 0.25) is 5.02 Å². The number of rotatable bonds is 6. The number of nitrogens with one attached hydrogen (secondary N) is 1. The molecule has 0 aliphatic heterocycles. The molecule has 1 aromatic heterocycles. The van der Waals surface area contributed by atoms with Gasteiger partial charge in [0.1, 0.15) is 11.5 Å². The first-order valence-electron chi connectivity index (χ1n) is 6.73. The van der Waals surface area contributed by atoms with Gasteiger partial charge < -0.3 is 14.8 Å². The van der Waals surface area contributed by atoms with Gasteiger partial charge in [0.2, 0.25) is 0 Å². The van der Waals surface area contributed by atoms with Crippen molar-refractivity contribution in [1.29, 1.82) is 0 Å². The van der Waals surface area contributed by atoms with Crippen molar-refractivity contribution in [2.24, 2.45) is 0 Å². The van der Waals surface area contributed by atoms with Gasteiger partial charge in [-0.05, 0) is 0 Å². The van der Waals surface area contributed by atoms with Crippen LogP contribution in [0.15, 0.2) is 24.7 Å². The Hall–Kier alpha value is -1.72. The lowest BCUT2D eigenvalue weighted by Gasteiger charge is -2.16. The number of nitrogens with zero attached hydrogens (tertiary/aromatic N) is 2. The first-order valence-corrected chi connectivity index (χ1v) is 7.11. The molecule has 0 radical (unpaired) electrons. The lowest BCUT2D eigenvalue weighted by Crippen LogP contribution is -2.23. The third-order valence-electron chi connectivity index (χ3n) is 3.12. The molecule has 0 saturated carbocycles. The van der Waals surface area contributed by atoms with Crippen molar-refractivity contribution < 1.29 is 9.47 Å². The Labute approximate surface area is 129 Å². The molecule has 1 aromatic carbocycles. The van der Waals surface area contributed by atoms with Gasteiger partial charge in [-0.25, -0.2) is 4.98 Å². The van der Waals surface area contributed by atoms with Crippen LogP contribution in [-0.2, 0) is 6.54 Å². The average Bonchev–Trinajstić information content (AvgIpc) is 2.92. The van der Waals surface area contributed by atoms with Crippen LogP contribution in [0.5, 0.6) is 11.5 Å². The van der Waals surface area contributed by atoms with Crippen LogP contribution in [0.1, 0.15) is 19.5 Å². The number of halogens is 1. The molecule has 0 fully saturated rings. The first kappa shape index (κ1) is 15.7. The van der Waals surface area contributed by atoms with Crippen LogP contribution >= 0.6 is 11.6 Å². The SMILES string of the molecule is COc1cc(-n2cncc2CNC(C)C)c(OC)cc1Cl. The highest BCUT2D eigenvalue weighted by atomic mass is 35.5. The third kappa shape index (κ3) is 3.49. The molecule has 0 aliphatic rings. The maximum Gasteiger partial charge on any atom is 0.144 e. The largest absolute Gasteiger partial charge is 0.495 e. The average molecular weight is 310 g/mol. The lowest BCUT2D eigenvalue weighted by molar-refractivity contribution is 0.401. The summed E-state index contributed by atoms with van der Waals surface area (Å²) < 4.78 is 12.7. The first-order chi connectivity index (χ1) is 10.1. The zero-order valence-electron chi connectivity index (χ0n) is 12.7. The molecule has 0 atom stereocenters. The minimum atomic E-state index is 0.398. The minimum Gasteiger partial charge on any atom is -0.495 e. The Morgan fingerprint density at radius 1 is 1.24 bits per heavy atom. The number of benzene rings is 1. The summed E-state index contributed by atoms with van der Waals surface area (Å²) in [6, 6.07) is 3.99. The van der Waals surface area contributed by atoms with Gasteiger partial charge in [-0.1, -0.05) is 25.4 Å². The molecule has 0 amide bonds. The Morgan fingerprint density at radius 3 is 2.57 bits per heavy atom. The summed E-state index contributed by atoms with van der Waals surface area (Å²) in [6.45, 7) is 4.92. The second-order valence-electron chi connectivity index (χ2n) is 4.95. The fraction of sp³-hybridized carbons (Fsp3) is 0.400. The molecule has 5 nitrogen and oxygen atoms in total. The molecule has 0 aliphatic carbocycles. The fourth-order valence-corrected chi connectivity index (χ4v) is 2.24. The highest BCUT2D eigenvalue weighted by Gasteiger charge is 2.14. The van der Waals surface area contributed by atoms with E-state index < -0.39 is 0 Å². The van der Waals surface area contributed by atoms with Crippen LogP contribution in [0.25, 0.3) is 5.69 Å². The Kier molecular flexibility index (Phi) is 5.09. The van der Waals surface area contributed by atoms with Crippen LogP contribution < -0.4 is 14.8 Å². The van der Waals surface area contributed by atoms with Crippen LogP contribution in [0, 0.1) is 0 Å². The van der Waals surface area contributed by atoms with E-state index in [2.05, 4.69) is 24.1 Å². The van der Waals surface area contributed by atoms with E-state index in [0.29, 0.717) is 29.1 Å². The van der Waals surface area contributed by atoms with E-state index >= 15 is 0 Å². The van der Waals surface area contributed by atoms with Gasteiger partial charge in [0.05, 0.1) is 37.0 Å².